The first-order chi connectivity index (χ1) is 13.1. The van der Waals surface area contributed by atoms with Crippen molar-refractivity contribution in [1.82, 2.24) is 10.2 Å². The second kappa shape index (κ2) is 8.01. The minimum atomic E-state index is -0.366. The highest BCUT2D eigenvalue weighted by molar-refractivity contribution is 6.33. The Hall–Kier alpha value is -3.19. The molecule has 0 bridgehead atoms. The third kappa shape index (κ3) is 3.83. The lowest BCUT2D eigenvalue weighted by atomic mass is 10.1. The van der Waals surface area contributed by atoms with Gasteiger partial charge in [0.1, 0.15) is 5.69 Å². The first-order valence-electron chi connectivity index (χ1n) is 7.99. The number of hydrogen-bond acceptors (Lipinski definition) is 5. The Morgan fingerprint density at radius 2 is 1.70 bits per heavy atom. The highest BCUT2D eigenvalue weighted by Crippen LogP contribution is 2.40. The van der Waals surface area contributed by atoms with Gasteiger partial charge in [0.2, 0.25) is 5.75 Å². The first kappa shape index (κ1) is 18.6. The molecule has 0 spiro atoms. The largest absolute Gasteiger partial charge is 0.493 e. The lowest BCUT2D eigenvalue weighted by Gasteiger charge is -2.14. The number of carbonyl (C=O) groups excluding carboxylic acids is 1. The van der Waals surface area contributed by atoms with Crippen molar-refractivity contribution in [2.45, 2.75) is 0 Å². The number of ether oxygens (including phenoxy) is 3. The van der Waals surface area contributed by atoms with Crippen LogP contribution in [0.25, 0.3) is 11.3 Å². The van der Waals surface area contributed by atoms with Gasteiger partial charge in [-0.25, -0.2) is 0 Å². The highest BCUT2D eigenvalue weighted by atomic mass is 35.5. The molecule has 140 valence electrons. The summed E-state index contributed by atoms with van der Waals surface area (Å²) in [6, 6.07) is 12.2. The molecule has 0 fully saturated rings. The number of methoxy groups -OCH3 is 3. The molecular formula is C19H18ClN3O4. The standard InChI is InChI=1S/C19H18ClN3O4/c1-25-16-8-11(9-17(26-2)18(16)27-3)21-19(24)15-10-14(22-23-15)12-6-4-5-7-13(12)20/h4-10H,1-3H3,(H,21,24)(H,22,23). The van der Waals surface area contributed by atoms with E-state index in [0.29, 0.717) is 39.3 Å². The number of carbonyl (C=O) groups is 1. The molecule has 0 aliphatic rings. The van der Waals surface area contributed by atoms with E-state index >= 15 is 0 Å². The van der Waals surface area contributed by atoms with Crippen molar-refractivity contribution in [3.63, 3.8) is 0 Å². The van der Waals surface area contributed by atoms with Crippen LogP contribution in [0.2, 0.25) is 5.02 Å². The molecule has 8 heteroatoms. The number of benzene rings is 2. The molecule has 1 amide bonds. The summed E-state index contributed by atoms with van der Waals surface area (Å²) in [7, 11) is 4.53. The number of aromatic amines is 1. The SMILES string of the molecule is COc1cc(NC(=O)c2cc(-c3ccccc3Cl)n[nH]2)cc(OC)c1OC. The van der Waals surface area contributed by atoms with Crippen LogP contribution in [0.1, 0.15) is 10.5 Å². The average Bonchev–Trinajstić information content (AvgIpc) is 3.17. The summed E-state index contributed by atoms with van der Waals surface area (Å²) in [5, 5.41) is 10.2. The summed E-state index contributed by atoms with van der Waals surface area (Å²) in [5.74, 6) is 0.956. The van der Waals surface area contributed by atoms with Crippen LogP contribution < -0.4 is 19.5 Å². The molecule has 0 atom stereocenters. The van der Waals surface area contributed by atoms with Crippen molar-refractivity contribution in [3.8, 4) is 28.5 Å². The topological polar surface area (TPSA) is 85.5 Å². The van der Waals surface area contributed by atoms with Crippen molar-refractivity contribution in [2.24, 2.45) is 0 Å². The molecule has 0 aliphatic heterocycles. The van der Waals surface area contributed by atoms with Crippen LogP contribution in [-0.4, -0.2) is 37.4 Å². The summed E-state index contributed by atoms with van der Waals surface area (Å²) < 4.78 is 15.9. The van der Waals surface area contributed by atoms with Crippen molar-refractivity contribution >= 4 is 23.2 Å². The summed E-state index contributed by atoms with van der Waals surface area (Å²) in [5.41, 5.74) is 2.10. The van der Waals surface area contributed by atoms with E-state index < -0.39 is 0 Å². The maximum Gasteiger partial charge on any atom is 0.273 e. The van der Waals surface area contributed by atoms with Gasteiger partial charge in [-0.1, -0.05) is 29.8 Å². The number of aromatic nitrogens is 2. The number of halogens is 1. The number of nitrogens with zero attached hydrogens (tertiary/aromatic N) is 1. The highest BCUT2D eigenvalue weighted by Gasteiger charge is 2.17. The monoisotopic (exact) mass is 387 g/mol. The van der Waals surface area contributed by atoms with E-state index in [2.05, 4.69) is 15.5 Å². The predicted molar refractivity (Wildman–Crippen MR) is 103 cm³/mol. The van der Waals surface area contributed by atoms with Crippen molar-refractivity contribution in [1.29, 1.82) is 0 Å². The normalized spacial score (nSPS) is 10.4. The predicted octanol–water partition coefficient (Wildman–Crippen LogP) is 4.01. The van der Waals surface area contributed by atoms with Gasteiger partial charge >= 0.3 is 0 Å². The van der Waals surface area contributed by atoms with Gasteiger partial charge in [0.25, 0.3) is 5.91 Å². The minimum Gasteiger partial charge on any atom is -0.493 e. The Kier molecular flexibility index (Phi) is 5.52. The van der Waals surface area contributed by atoms with Crippen LogP contribution in [0, 0.1) is 0 Å². The number of rotatable bonds is 6. The van der Waals surface area contributed by atoms with E-state index in [4.69, 9.17) is 25.8 Å². The Balaban J connectivity index is 1.85. The number of H-pyrrole nitrogens is 1. The van der Waals surface area contributed by atoms with Gasteiger partial charge in [-0.3, -0.25) is 9.89 Å². The molecule has 1 heterocycles. The number of nitrogens with one attached hydrogen (secondary N) is 2. The van der Waals surface area contributed by atoms with Gasteiger partial charge < -0.3 is 19.5 Å². The van der Waals surface area contributed by atoms with E-state index in [0.717, 1.165) is 5.56 Å². The average molecular weight is 388 g/mol. The van der Waals surface area contributed by atoms with Gasteiger partial charge in [0, 0.05) is 23.4 Å². The van der Waals surface area contributed by atoms with Crippen LogP contribution in [-0.2, 0) is 0 Å². The Bertz CT molecular complexity index is 946. The molecule has 27 heavy (non-hydrogen) atoms. The Morgan fingerprint density at radius 3 is 2.30 bits per heavy atom. The molecule has 2 aromatic carbocycles. The molecule has 2 N–H and O–H groups in total. The summed E-state index contributed by atoms with van der Waals surface area (Å²) in [6.45, 7) is 0. The summed E-state index contributed by atoms with van der Waals surface area (Å²) in [6.07, 6.45) is 0. The van der Waals surface area contributed by atoms with E-state index in [-0.39, 0.29) is 5.91 Å². The number of anilines is 1. The minimum absolute atomic E-state index is 0.290. The van der Waals surface area contributed by atoms with Crippen LogP contribution in [0.4, 0.5) is 5.69 Å². The fourth-order valence-electron chi connectivity index (χ4n) is 2.60. The molecule has 0 saturated heterocycles. The second-order valence-corrected chi connectivity index (χ2v) is 5.92. The molecule has 1 aromatic heterocycles. The lowest BCUT2D eigenvalue weighted by Crippen LogP contribution is -2.12. The fourth-order valence-corrected chi connectivity index (χ4v) is 2.83. The van der Waals surface area contributed by atoms with Gasteiger partial charge in [0.05, 0.1) is 32.0 Å². The van der Waals surface area contributed by atoms with Gasteiger partial charge in [-0.05, 0) is 12.1 Å². The second-order valence-electron chi connectivity index (χ2n) is 5.51. The summed E-state index contributed by atoms with van der Waals surface area (Å²) >= 11 is 6.18. The Labute approximate surface area is 161 Å². The smallest absolute Gasteiger partial charge is 0.273 e. The zero-order valence-corrected chi connectivity index (χ0v) is 15.8. The van der Waals surface area contributed by atoms with E-state index in [1.807, 2.05) is 18.2 Å². The van der Waals surface area contributed by atoms with Crippen LogP contribution in [0.3, 0.4) is 0 Å². The van der Waals surface area contributed by atoms with E-state index in [1.165, 1.54) is 21.3 Å². The fraction of sp³-hybridized carbons (Fsp3) is 0.158. The van der Waals surface area contributed by atoms with Crippen molar-refractivity contribution in [3.05, 3.63) is 53.2 Å². The third-order valence-corrected chi connectivity index (χ3v) is 4.22. The zero-order valence-electron chi connectivity index (χ0n) is 15.0. The molecule has 7 nitrogen and oxygen atoms in total. The van der Waals surface area contributed by atoms with Crippen LogP contribution in [0.15, 0.2) is 42.5 Å². The molecule has 0 unspecified atom stereocenters. The molecule has 0 saturated carbocycles. The van der Waals surface area contributed by atoms with Crippen molar-refractivity contribution in [2.75, 3.05) is 26.6 Å². The third-order valence-electron chi connectivity index (χ3n) is 3.89. The number of hydrogen-bond donors (Lipinski definition) is 2. The lowest BCUT2D eigenvalue weighted by molar-refractivity contribution is 0.102. The molecule has 0 radical (unpaired) electrons. The van der Waals surface area contributed by atoms with E-state index in [9.17, 15) is 4.79 Å². The Morgan fingerprint density at radius 1 is 1.04 bits per heavy atom. The maximum atomic E-state index is 12.6. The van der Waals surface area contributed by atoms with Crippen LogP contribution in [0.5, 0.6) is 17.2 Å². The molecule has 0 aliphatic carbocycles. The van der Waals surface area contributed by atoms with Gasteiger partial charge in [-0.15, -0.1) is 0 Å². The summed E-state index contributed by atoms with van der Waals surface area (Å²) in [4.78, 5) is 12.6. The van der Waals surface area contributed by atoms with E-state index in [1.54, 1.807) is 24.3 Å². The van der Waals surface area contributed by atoms with Gasteiger partial charge in [0.15, 0.2) is 11.5 Å². The number of amides is 1. The zero-order chi connectivity index (χ0) is 19.4. The van der Waals surface area contributed by atoms with Crippen LogP contribution >= 0.6 is 11.6 Å². The quantitative estimate of drug-likeness (QED) is 0.667. The maximum absolute atomic E-state index is 12.6. The first-order valence-corrected chi connectivity index (χ1v) is 8.36. The molecule has 3 rings (SSSR count). The molecule has 3 aromatic rings. The molecular weight excluding hydrogens is 370 g/mol. The van der Waals surface area contributed by atoms with Crippen molar-refractivity contribution < 1.29 is 19.0 Å². The van der Waals surface area contributed by atoms with Gasteiger partial charge in [-0.2, -0.15) is 5.10 Å².